The van der Waals surface area contributed by atoms with Gasteiger partial charge in [-0.15, -0.1) is 11.3 Å². The Morgan fingerprint density at radius 2 is 1.66 bits per heavy atom. The van der Waals surface area contributed by atoms with Crippen molar-refractivity contribution in [1.29, 1.82) is 0 Å². The molecule has 2 aliphatic heterocycles. The molecule has 2 aliphatic rings. The van der Waals surface area contributed by atoms with Gasteiger partial charge in [0.15, 0.2) is 0 Å². The first-order valence-corrected chi connectivity index (χ1v) is 13.4. The van der Waals surface area contributed by atoms with E-state index in [-0.39, 0.29) is 21.9 Å². The van der Waals surface area contributed by atoms with Crippen LogP contribution in [0.4, 0.5) is 5.69 Å². The van der Waals surface area contributed by atoms with Crippen molar-refractivity contribution >= 4 is 38.9 Å². The molecule has 0 atom stereocenters. The zero-order chi connectivity index (χ0) is 22.7. The van der Waals surface area contributed by atoms with E-state index >= 15 is 0 Å². The average Bonchev–Trinajstić information content (AvgIpc) is 3.31. The summed E-state index contributed by atoms with van der Waals surface area (Å²) in [5.41, 5.74) is 1.19. The fourth-order valence-corrected chi connectivity index (χ4v) is 6.99. The molecule has 0 saturated carbocycles. The van der Waals surface area contributed by atoms with E-state index in [1.165, 1.54) is 10.4 Å². The number of benzene rings is 1. The standard InChI is InChI=1S/C23H29N3O4S2/c1-17-7-11-25(12-8-17)23(28)19-15-21(31-16-19)32(29,30)26-13-9-18(10-14-26)22(27)24-20-5-3-2-4-6-20/h2-6,15-18H,7-14H2,1H3,(H,24,27). The summed E-state index contributed by atoms with van der Waals surface area (Å²) >= 11 is 1.10. The Hall–Kier alpha value is -2.23. The highest BCUT2D eigenvalue weighted by Gasteiger charge is 2.33. The molecule has 172 valence electrons. The largest absolute Gasteiger partial charge is 0.339 e. The van der Waals surface area contributed by atoms with Crippen LogP contribution in [0.3, 0.4) is 0 Å². The highest BCUT2D eigenvalue weighted by molar-refractivity contribution is 7.91. The maximum atomic E-state index is 13.1. The van der Waals surface area contributed by atoms with Crippen molar-refractivity contribution in [2.75, 3.05) is 31.5 Å². The van der Waals surface area contributed by atoms with Gasteiger partial charge in [-0.3, -0.25) is 9.59 Å². The number of hydrogen-bond acceptors (Lipinski definition) is 5. The van der Waals surface area contributed by atoms with Gasteiger partial charge in [0.25, 0.3) is 15.9 Å². The number of hydrogen-bond donors (Lipinski definition) is 1. The second-order valence-electron chi connectivity index (χ2n) is 8.66. The smallest absolute Gasteiger partial charge is 0.254 e. The fraction of sp³-hybridized carbons (Fsp3) is 0.478. The molecule has 9 heteroatoms. The molecule has 0 bridgehead atoms. The van der Waals surface area contributed by atoms with E-state index in [4.69, 9.17) is 0 Å². The summed E-state index contributed by atoms with van der Waals surface area (Å²) in [6.07, 6.45) is 2.91. The lowest BCUT2D eigenvalue weighted by atomic mass is 9.97. The summed E-state index contributed by atoms with van der Waals surface area (Å²) in [4.78, 5) is 27.1. The zero-order valence-electron chi connectivity index (χ0n) is 18.2. The maximum absolute atomic E-state index is 13.1. The Morgan fingerprint density at radius 1 is 1.00 bits per heavy atom. The van der Waals surface area contributed by atoms with Gasteiger partial charge in [-0.05, 0) is 49.8 Å². The van der Waals surface area contributed by atoms with Gasteiger partial charge in [0, 0.05) is 43.2 Å². The third-order valence-corrected chi connectivity index (χ3v) is 9.67. The highest BCUT2D eigenvalue weighted by Crippen LogP contribution is 2.29. The maximum Gasteiger partial charge on any atom is 0.254 e. The molecule has 0 spiro atoms. The van der Waals surface area contributed by atoms with Gasteiger partial charge in [0.2, 0.25) is 5.91 Å². The molecule has 3 heterocycles. The number of thiophene rings is 1. The first kappa shape index (κ1) is 22.9. The lowest BCUT2D eigenvalue weighted by Crippen LogP contribution is -2.41. The van der Waals surface area contributed by atoms with Gasteiger partial charge in [-0.2, -0.15) is 4.31 Å². The molecule has 0 unspecified atom stereocenters. The lowest BCUT2D eigenvalue weighted by Gasteiger charge is -2.30. The van der Waals surface area contributed by atoms with Gasteiger partial charge in [0.1, 0.15) is 4.21 Å². The Bertz CT molecular complexity index is 1050. The van der Waals surface area contributed by atoms with E-state index in [9.17, 15) is 18.0 Å². The van der Waals surface area contributed by atoms with E-state index in [0.717, 1.165) is 43.0 Å². The van der Waals surface area contributed by atoms with Crippen molar-refractivity contribution in [3.8, 4) is 0 Å². The zero-order valence-corrected chi connectivity index (χ0v) is 19.8. The van der Waals surface area contributed by atoms with E-state index in [0.29, 0.717) is 37.4 Å². The SMILES string of the molecule is CC1CCN(C(=O)c2csc(S(=O)(=O)N3CCC(C(=O)Nc4ccccc4)CC3)c2)CC1. The van der Waals surface area contributed by atoms with E-state index in [1.807, 2.05) is 35.2 Å². The van der Waals surface area contributed by atoms with Gasteiger partial charge >= 0.3 is 0 Å². The van der Waals surface area contributed by atoms with Gasteiger partial charge in [-0.1, -0.05) is 25.1 Å². The molecule has 4 rings (SSSR count). The second kappa shape index (κ2) is 9.72. The average molecular weight is 476 g/mol. The van der Waals surface area contributed by atoms with E-state index in [2.05, 4.69) is 12.2 Å². The summed E-state index contributed by atoms with van der Waals surface area (Å²) in [7, 11) is -3.67. The summed E-state index contributed by atoms with van der Waals surface area (Å²) in [6.45, 7) is 4.21. The van der Waals surface area contributed by atoms with Crippen LogP contribution in [-0.2, 0) is 14.8 Å². The third kappa shape index (κ3) is 5.05. The van der Waals surface area contributed by atoms with Crippen molar-refractivity contribution in [2.45, 2.75) is 36.8 Å². The number of para-hydroxylation sites is 1. The number of piperidine rings is 2. The minimum Gasteiger partial charge on any atom is -0.339 e. The number of nitrogens with zero attached hydrogens (tertiary/aromatic N) is 2. The summed E-state index contributed by atoms with van der Waals surface area (Å²) < 4.78 is 27.9. The molecule has 32 heavy (non-hydrogen) atoms. The van der Waals surface area contributed by atoms with Crippen LogP contribution in [0.15, 0.2) is 46.0 Å². The summed E-state index contributed by atoms with van der Waals surface area (Å²) in [5.74, 6) is 0.234. The van der Waals surface area contributed by atoms with Crippen LogP contribution in [0, 0.1) is 11.8 Å². The molecular weight excluding hydrogens is 446 g/mol. The number of carbonyl (C=O) groups is 2. The Kier molecular flexibility index (Phi) is 6.97. The Balaban J connectivity index is 1.35. The van der Waals surface area contributed by atoms with Crippen LogP contribution in [0.2, 0.25) is 0 Å². The van der Waals surface area contributed by atoms with E-state index in [1.54, 1.807) is 5.38 Å². The second-order valence-corrected chi connectivity index (χ2v) is 11.7. The molecule has 2 amide bonds. The van der Waals surface area contributed by atoms with Crippen molar-refractivity contribution in [3.63, 3.8) is 0 Å². The monoisotopic (exact) mass is 475 g/mol. The molecule has 2 fully saturated rings. The topological polar surface area (TPSA) is 86.8 Å². The van der Waals surface area contributed by atoms with Crippen molar-refractivity contribution in [3.05, 3.63) is 47.3 Å². The van der Waals surface area contributed by atoms with Gasteiger partial charge < -0.3 is 10.2 Å². The quantitative estimate of drug-likeness (QED) is 0.715. The number of sulfonamides is 1. The number of rotatable bonds is 5. The minimum absolute atomic E-state index is 0.0758. The van der Waals surface area contributed by atoms with Crippen molar-refractivity contribution in [2.24, 2.45) is 11.8 Å². The number of anilines is 1. The number of carbonyl (C=O) groups excluding carboxylic acids is 2. The van der Waals surface area contributed by atoms with Gasteiger partial charge in [0.05, 0.1) is 5.56 Å². The van der Waals surface area contributed by atoms with Gasteiger partial charge in [-0.25, -0.2) is 8.42 Å². The first-order valence-electron chi connectivity index (χ1n) is 11.1. The van der Waals surface area contributed by atoms with Crippen LogP contribution in [-0.4, -0.2) is 55.6 Å². The van der Waals surface area contributed by atoms with Crippen LogP contribution < -0.4 is 5.32 Å². The van der Waals surface area contributed by atoms with Crippen molar-refractivity contribution < 1.29 is 18.0 Å². The molecule has 1 N–H and O–H groups in total. The Morgan fingerprint density at radius 3 is 2.31 bits per heavy atom. The number of likely N-dealkylation sites (tertiary alicyclic amines) is 1. The van der Waals surface area contributed by atoms with Crippen LogP contribution in [0.1, 0.15) is 43.0 Å². The third-order valence-electron chi connectivity index (χ3n) is 6.35. The molecule has 0 aliphatic carbocycles. The summed E-state index contributed by atoms with van der Waals surface area (Å²) in [6, 6.07) is 10.8. The van der Waals surface area contributed by atoms with Crippen LogP contribution >= 0.6 is 11.3 Å². The molecule has 0 radical (unpaired) electrons. The molecule has 7 nitrogen and oxygen atoms in total. The Labute approximate surface area is 193 Å². The number of nitrogens with one attached hydrogen (secondary N) is 1. The fourth-order valence-electron chi connectivity index (χ4n) is 4.21. The normalized spacial score (nSPS) is 19.1. The summed E-state index contributed by atoms with van der Waals surface area (Å²) in [5, 5.41) is 4.55. The first-order chi connectivity index (χ1) is 15.3. The molecule has 1 aromatic heterocycles. The molecule has 2 aromatic rings. The lowest BCUT2D eigenvalue weighted by molar-refractivity contribution is -0.120. The number of amides is 2. The highest BCUT2D eigenvalue weighted by atomic mass is 32.2. The predicted octanol–water partition coefficient (Wildman–Crippen LogP) is 3.66. The minimum atomic E-state index is -3.67. The predicted molar refractivity (Wildman–Crippen MR) is 125 cm³/mol. The van der Waals surface area contributed by atoms with Crippen molar-refractivity contribution in [1.82, 2.24) is 9.21 Å². The molecule has 2 saturated heterocycles. The van der Waals surface area contributed by atoms with Crippen LogP contribution in [0.5, 0.6) is 0 Å². The van der Waals surface area contributed by atoms with Crippen LogP contribution in [0.25, 0.3) is 0 Å². The van der Waals surface area contributed by atoms with E-state index < -0.39 is 10.0 Å². The molecule has 1 aromatic carbocycles. The molecular formula is C23H29N3O4S2.